The summed E-state index contributed by atoms with van der Waals surface area (Å²) < 4.78 is 12.8. The molecule has 50 heavy (non-hydrogen) atoms. The summed E-state index contributed by atoms with van der Waals surface area (Å²) in [6.45, 7) is 8.03. The summed E-state index contributed by atoms with van der Waals surface area (Å²) in [7, 11) is 0. The van der Waals surface area contributed by atoms with Crippen LogP contribution in [0.4, 0.5) is 11.4 Å². The number of anilines is 2. The Kier molecular flexibility index (Phi) is 12.1. The SMILES string of the molecule is CCOc1cc(C2C(C(=O)Nc3ccccc3CC)C(=O)CC(C)(O)C2C(=O)Nc2ccccc2CC)cc(Br)c1OCCc1ccccc1. The highest BCUT2D eigenvalue weighted by Crippen LogP contribution is 2.49. The van der Waals surface area contributed by atoms with Gasteiger partial charge in [0.1, 0.15) is 11.7 Å². The van der Waals surface area contributed by atoms with Gasteiger partial charge in [0, 0.05) is 30.1 Å². The van der Waals surface area contributed by atoms with Crippen molar-refractivity contribution in [1.82, 2.24) is 0 Å². The summed E-state index contributed by atoms with van der Waals surface area (Å²) >= 11 is 3.67. The zero-order valence-electron chi connectivity index (χ0n) is 29.0. The fourth-order valence-electron chi connectivity index (χ4n) is 6.91. The number of carbonyl (C=O) groups excluding carboxylic acids is 3. The van der Waals surface area contributed by atoms with E-state index in [4.69, 9.17) is 9.47 Å². The molecule has 0 bridgehead atoms. The van der Waals surface area contributed by atoms with Crippen LogP contribution in [-0.4, -0.2) is 41.5 Å². The third-order valence-electron chi connectivity index (χ3n) is 9.34. The molecule has 4 aromatic rings. The van der Waals surface area contributed by atoms with Crippen LogP contribution in [0.5, 0.6) is 11.5 Å². The number of hydrogen-bond acceptors (Lipinski definition) is 6. The van der Waals surface area contributed by atoms with Crippen molar-refractivity contribution in [1.29, 1.82) is 0 Å². The topological polar surface area (TPSA) is 114 Å². The van der Waals surface area contributed by atoms with Gasteiger partial charge in [0.05, 0.1) is 29.2 Å². The standard InChI is InChI=1S/C41H45BrN2O6/c1-5-27-17-11-13-19-31(27)43-39(46)36-33(45)25-41(4,48)37(40(47)44-32-20-14-12-18-28(32)6-2)35(36)29-23-30(42)38(34(24-29)49-7-3)50-22-21-26-15-9-8-10-16-26/h8-20,23-24,35-37,48H,5-7,21-22,25H2,1-4H3,(H,43,46)(H,44,47). The zero-order chi connectivity index (χ0) is 35.8. The normalized spacial score (nSPS) is 20.2. The Bertz CT molecular complexity index is 1830. The number of hydrogen-bond donors (Lipinski definition) is 3. The predicted molar refractivity (Wildman–Crippen MR) is 200 cm³/mol. The lowest BCUT2D eigenvalue weighted by molar-refractivity contribution is -0.150. The van der Waals surface area contributed by atoms with Gasteiger partial charge in [-0.2, -0.15) is 0 Å². The van der Waals surface area contributed by atoms with Crippen LogP contribution in [0, 0.1) is 11.8 Å². The number of carbonyl (C=O) groups is 3. The Labute approximate surface area is 302 Å². The van der Waals surface area contributed by atoms with Crippen molar-refractivity contribution in [2.75, 3.05) is 23.8 Å². The first-order chi connectivity index (χ1) is 24.1. The molecule has 262 valence electrons. The summed E-state index contributed by atoms with van der Waals surface area (Å²) in [5.41, 5.74) is 2.89. The van der Waals surface area contributed by atoms with Gasteiger partial charge in [-0.1, -0.05) is 80.6 Å². The van der Waals surface area contributed by atoms with Crippen molar-refractivity contribution >= 4 is 44.9 Å². The molecule has 1 fully saturated rings. The first-order valence-corrected chi connectivity index (χ1v) is 18.0. The Morgan fingerprint density at radius 2 is 1.42 bits per heavy atom. The lowest BCUT2D eigenvalue weighted by Gasteiger charge is -2.44. The summed E-state index contributed by atoms with van der Waals surface area (Å²) in [5.74, 6) is -4.15. The number of amides is 2. The van der Waals surface area contributed by atoms with Crippen molar-refractivity contribution in [2.45, 2.75) is 64.9 Å². The number of aliphatic hydroxyl groups is 1. The van der Waals surface area contributed by atoms with E-state index in [9.17, 15) is 19.5 Å². The first-order valence-electron chi connectivity index (χ1n) is 17.2. The van der Waals surface area contributed by atoms with E-state index in [0.717, 1.165) is 16.7 Å². The Morgan fingerprint density at radius 3 is 2.02 bits per heavy atom. The molecule has 1 saturated carbocycles. The minimum absolute atomic E-state index is 0.321. The van der Waals surface area contributed by atoms with Gasteiger partial charge in [0.2, 0.25) is 11.8 Å². The number of aryl methyl sites for hydroxylation is 2. The fourth-order valence-corrected chi connectivity index (χ4v) is 7.49. The van der Waals surface area contributed by atoms with E-state index in [1.54, 1.807) is 18.2 Å². The number of ketones is 1. The van der Waals surface area contributed by atoms with E-state index >= 15 is 0 Å². The molecule has 0 heterocycles. The largest absolute Gasteiger partial charge is 0.490 e. The molecule has 0 spiro atoms. The highest BCUT2D eigenvalue weighted by molar-refractivity contribution is 9.10. The van der Waals surface area contributed by atoms with Crippen LogP contribution < -0.4 is 20.1 Å². The van der Waals surface area contributed by atoms with Crippen LogP contribution in [-0.2, 0) is 33.6 Å². The van der Waals surface area contributed by atoms with Gasteiger partial charge in [-0.15, -0.1) is 0 Å². The van der Waals surface area contributed by atoms with Crippen molar-refractivity contribution < 1.29 is 29.0 Å². The van der Waals surface area contributed by atoms with Crippen LogP contribution in [0.25, 0.3) is 0 Å². The molecule has 8 nitrogen and oxygen atoms in total. The van der Waals surface area contributed by atoms with Crippen molar-refractivity contribution in [3.8, 4) is 11.5 Å². The van der Waals surface area contributed by atoms with Crippen molar-refractivity contribution in [3.63, 3.8) is 0 Å². The number of halogens is 1. The maximum Gasteiger partial charge on any atom is 0.235 e. The lowest BCUT2D eigenvalue weighted by atomic mass is 9.61. The molecule has 0 saturated heterocycles. The summed E-state index contributed by atoms with van der Waals surface area (Å²) in [5, 5.41) is 17.9. The highest BCUT2D eigenvalue weighted by atomic mass is 79.9. The minimum atomic E-state index is -1.77. The summed E-state index contributed by atoms with van der Waals surface area (Å²) in [6.07, 6.45) is 1.65. The molecule has 3 N–H and O–H groups in total. The predicted octanol–water partition coefficient (Wildman–Crippen LogP) is 7.91. The van der Waals surface area contributed by atoms with E-state index in [2.05, 4.69) is 26.6 Å². The van der Waals surface area contributed by atoms with Gasteiger partial charge in [-0.25, -0.2) is 0 Å². The van der Waals surface area contributed by atoms with E-state index in [1.165, 1.54) is 6.92 Å². The first kappa shape index (κ1) is 36.8. The van der Waals surface area contributed by atoms with E-state index in [1.807, 2.05) is 93.6 Å². The Balaban J connectivity index is 1.59. The second kappa shape index (κ2) is 16.5. The molecular formula is C41H45BrN2O6. The van der Waals surface area contributed by atoms with E-state index < -0.39 is 41.0 Å². The Hall–Kier alpha value is -4.47. The number of benzene rings is 4. The zero-order valence-corrected chi connectivity index (χ0v) is 30.6. The maximum absolute atomic E-state index is 14.4. The van der Waals surface area contributed by atoms with E-state index in [-0.39, 0.29) is 6.42 Å². The number of para-hydroxylation sites is 2. The minimum Gasteiger partial charge on any atom is -0.490 e. The smallest absolute Gasteiger partial charge is 0.235 e. The third-order valence-corrected chi connectivity index (χ3v) is 9.93. The molecule has 4 atom stereocenters. The van der Waals surface area contributed by atoms with Gasteiger partial charge in [-0.3, -0.25) is 14.4 Å². The quantitative estimate of drug-likeness (QED) is 0.120. The van der Waals surface area contributed by atoms with E-state index in [0.29, 0.717) is 65.4 Å². The number of nitrogens with one attached hydrogen (secondary N) is 2. The fraction of sp³-hybridized carbons (Fsp3) is 0.341. The molecule has 2 amide bonds. The maximum atomic E-state index is 14.4. The summed E-state index contributed by atoms with van der Waals surface area (Å²) in [4.78, 5) is 42.7. The van der Waals surface area contributed by atoms with Crippen molar-refractivity contribution in [2.24, 2.45) is 11.8 Å². The molecule has 4 aromatic carbocycles. The van der Waals surface area contributed by atoms with Crippen LogP contribution >= 0.6 is 15.9 Å². The van der Waals surface area contributed by atoms with Gasteiger partial charge in [0.25, 0.3) is 0 Å². The molecule has 1 aliphatic rings. The molecule has 0 radical (unpaired) electrons. The Morgan fingerprint density at radius 1 is 0.840 bits per heavy atom. The van der Waals surface area contributed by atoms with Gasteiger partial charge >= 0.3 is 0 Å². The molecule has 4 unspecified atom stereocenters. The highest BCUT2D eigenvalue weighted by Gasteiger charge is 2.56. The number of ether oxygens (including phenoxy) is 2. The second-order valence-corrected chi connectivity index (χ2v) is 13.7. The van der Waals surface area contributed by atoms with Gasteiger partial charge in [-0.05, 0) is 89.1 Å². The molecule has 1 aliphatic carbocycles. The average Bonchev–Trinajstić information content (AvgIpc) is 3.09. The third kappa shape index (κ3) is 8.28. The summed E-state index contributed by atoms with van der Waals surface area (Å²) in [6, 6.07) is 28.4. The van der Waals surface area contributed by atoms with Crippen molar-refractivity contribution in [3.05, 3.63) is 118 Å². The monoisotopic (exact) mass is 740 g/mol. The van der Waals surface area contributed by atoms with Crippen LogP contribution in [0.3, 0.4) is 0 Å². The number of Topliss-reactive ketones (excluding diaryl/α,β-unsaturated/α-hetero) is 1. The molecule has 0 aromatic heterocycles. The van der Waals surface area contributed by atoms with Crippen LogP contribution in [0.1, 0.15) is 62.3 Å². The molecular weight excluding hydrogens is 696 g/mol. The van der Waals surface area contributed by atoms with Gasteiger partial charge < -0.3 is 25.2 Å². The molecule has 9 heteroatoms. The number of rotatable bonds is 13. The van der Waals surface area contributed by atoms with Gasteiger partial charge in [0.15, 0.2) is 11.5 Å². The average molecular weight is 742 g/mol. The second-order valence-electron chi connectivity index (χ2n) is 12.8. The molecule has 5 rings (SSSR count). The van der Waals surface area contributed by atoms with Crippen LogP contribution in [0.15, 0.2) is 95.5 Å². The van der Waals surface area contributed by atoms with Crippen LogP contribution in [0.2, 0.25) is 0 Å². The lowest BCUT2D eigenvalue weighted by Crippen LogP contribution is -2.56. The molecule has 0 aliphatic heterocycles.